The Bertz CT molecular complexity index is 992. The number of hydrogen-bond donors (Lipinski definition) is 1. The van der Waals surface area contributed by atoms with Crippen LogP contribution in [-0.2, 0) is 4.79 Å². The molecule has 1 heterocycles. The van der Waals surface area contributed by atoms with Gasteiger partial charge in [0, 0.05) is 23.7 Å². The minimum atomic E-state index is -0.0423. The Morgan fingerprint density at radius 1 is 1.03 bits per heavy atom. The molecule has 0 spiro atoms. The van der Waals surface area contributed by atoms with Crippen LogP contribution in [0.15, 0.2) is 65.9 Å². The van der Waals surface area contributed by atoms with Gasteiger partial charge in [-0.05, 0) is 31.5 Å². The second-order valence-corrected chi connectivity index (χ2v) is 7.89. The van der Waals surface area contributed by atoms with Crippen LogP contribution in [0.2, 0.25) is 0 Å². The maximum atomic E-state index is 12.1. The van der Waals surface area contributed by atoms with E-state index < -0.39 is 0 Å². The smallest absolute Gasteiger partial charge is 0.240 e. The van der Waals surface area contributed by atoms with Crippen molar-refractivity contribution in [3.05, 3.63) is 71.9 Å². The van der Waals surface area contributed by atoms with Gasteiger partial charge in [0.05, 0.1) is 11.9 Å². The van der Waals surface area contributed by atoms with Crippen molar-refractivity contribution in [3.63, 3.8) is 0 Å². The molecule has 3 rings (SSSR count). The molecule has 162 valence electrons. The quantitative estimate of drug-likeness (QED) is 0.235. The molecule has 0 saturated carbocycles. The number of nitrogens with one attached hydrogen (secondary N) is 1. The largest absolute Gasteiger partial charge is 0.273 e. The third-order valence-electron chi connectivity index (χ3n) is 5.21. The van der Waals surface area contributed by atoms with Crippen molar-refractivity contribution in [1.82, 2.24) is 15.2 Å². The topological polar surface area (TPSA) is 59.3 Å². The zero-order valence-electron chi connectivity index (χ0n) is 18.6. The lowest BCUT2D eigenvalue weighted by molar-refractivity contribution is -0.121. The van der Waals surface area contributed by atoms with Gasteiger partial charge in [0.1, 0.15) is 5.69 Å². The number of nitrogens with zero attached hydrogens (tertiary/aromatic N) is 3. The van der Waals surface area contributed by atoms with Crippen molar-refractivity contribution < 1.29 is 4.79 Å². The van der Waals surface area contributed by atoms with E-state index in [1.807, 2.05) is 53.3 Å². The summed E-state index contributed by atoms with van der Waals surface area (Å²) in [6.45, 7) is 4.27. The Morgan fingerprint density at radius 3 is 2.58 bits per heavy atom. The molecule has 1 aromatic heterocycles. The minimum absolute atomic E-state index is 0.0423. The molecule has 1 amide bonds. The average molecular weight is 417 g/mol. The number of unbranched alkanes of at least 4 members (excludes halogenated alkanes) is 5. The number of para-hydroxylation sites is 1. The zero-order valence-corrected chi connectivity index (χ0v) is 18.6. The van der Waals surface area contributed by atoms with Gasteiger partial charge >= 0.3 is 0 Å². The maximum absolute atomic E-state index is 12.1. The van der Waals surface area contributed by atoms with Crippen molar-refractivity contribution in [2.45, 2.75) is 58.8 Å². The highest BCUT2D eigenvalue weighted by Gasteiger charge is 2.11. The van der Waals surface area contributed by atoms with E-state index in [9.17, 15) is 4.79 Å². The summed E-state index contributed by atoms with van der Waals surface area (Å²) < 4.78 is 1.84. The lowest BCUT2D eigenvalue weighted by Crippen LogP contribution is -2.16. The average Bonchev–Trinajstić information content (AvgIpc) is 3.21. The number of carbonyl (C=O) groups is 1. The molecule has 3 aromatic rings. The molecular weight excluding hydrogens is 384 g/mol. The van der Waals surface area contributed by atoms with Crippen molar-refractivity contribution in [1.29, 1.82) is 0 Å². The van der Waals surface area contributed by atoms with Crippen LogP contribution in [-0.4, -0.2) is 21.9 Å². The summed E-state index contributed by atoms with van der Waals surface area (Å²) in [7, 11) is 0. The molecule has 1 N–H and O–H groups in total. The third kappa shape index (κ3) is 6.92. The van der Waals surface area contributed by atoms with Gasteiger partial charge < -0.3 is 0 Å². The van der Waals surface area contributed by atoms with E-state index in [2.05, 4.69) is 36.5 Å². The molecule has 0 aliphatic heterocycles. The van der Waals surface area contributed by atoms with Crippen LogP contribution in [0.5, 0.6) is 0 Å². The van der Waals surface area contributed by atoms with Crippen LogP contribution in [0.3, 0.4) is 0 Å². The first-order chi connectivity index (χ1) is 15.2. The molecule has 5 heteroatoms. The van der Waals surface area contributed by atoms with Gasteiger partial charge in [-0.2, -0.15) is 10.2 Å². The number of benzene rings is 2. The van der Waals surface area contributed by atoms with E-state index in [1.54, 1.807) is 6.21 Å². The molecule has 0 radical (unpaired) electrons. The van der Waals surface area contributed by atoms with Crippen LogP contribution in [0, 0.1) is 6.92 Å². The highest BCUT2D eigenvalue weighted by molar-refractivity contribution is 5.89. The van der Waals surface area contributed by atoms with E-state index >= 15 is 0 Å². The molecule has 2 aromatic carbocycles. The van der Waals surface area contributed by atoms with Crippen LogP contribution >= 0.6 is 0 Å². The van der Waals surface area contributed by atoms with Gasteiger partial charge in [-0.25, -0.2) is 10.1 Å². The highest BCUT2D eigenvalue weighted by Crippen LogP contribution is 2.23. The Balaban J connectivity index is 1.68. The third-order valence-corrected chi connectivity index (χ3v) is 5.21. The van der Waals surface area contributed by atoms with Crippen molar-refractivity contribution in [2.75, 3.05) is 0 Å². The SMILES string of the molecule is CCCCCCCCC(=O)N/N=C\c1cn(-c2ccccc2)nc1-c1cccc(C)c1. The first-order valence-electron chi connectivity index (χ1n) is 11.2. The van der Waals surface area contributed by atoms with E-state index in [0.717, 1.165) is 35.3 Å². The van der Waals surface area contributed by atoms with E-state index in [1.165, 1.54) is 31.2 Å². The van der Waals surface area contributed by atoms with Crippen LogP contribution in [0.1, 0.15) is 63.0 Å². The zero-order chi connectivity index (χ0) is 21.9. The van der Waals surface area contributed by atoms with Crippen LogP contribution in [0.4, 0.5) is 0 Å². The molecule has 0 atom stereocenters. The number of aryl methyl sites for hydroxylation is 1. The normalized spacial score (nSPS) is 11.2. The number of aromatic nitrogens is 2. The molecule has 0 aliphatic carbocycles. The van der Waals surface area contributed by atoms with Crippen molar-refractivity contribution in [2.24, 2.45) is 5.10 Å². The Labute approximate surface area is 185 Å². The predicted octanol–water partition coefficient (Wildman–Crippen LogP) is 6.05. The van der Waals surface area contributed by atoms with E-state index in [4.69, 9.17) is 5.10 Å². The summed E-state index contributed by atoms with van der Waals surface area (Å²) in [5, 5.41) is 8.99. The number of hydrogen-bond acceptors (Lipinski definition) is 3. The summed E-state index contributed by atoms with van der Waals surface area (Å²) in [4.78, 5) is 12.1. The maximum Gasteiger partial charge on any atom is 0.240 e. The summed E-state index contributed by atoms with van der Waals surface area (Å²) in [5.41, 5.74) is 7.52. The second kappa shape index (κ2) is 11.8. The Hall–Kier alpha value is -3.21. The molecule has 0 saturated heterocycles. The first kappa shape index (κ1) is 22.5. The molecular formula is C26H32N4O. The Kier molecular flexibility index (Phi) is 8.59. The standard InChI is InChI=1S/C26H32N4O/c1-3-4-5-6-7-11-17-25(31)28-27-19-23-20-30(24-15-9-8-10-16-24)29-26(23)22-14-12-13-21(2)18-22/h8-10,12-16,18-20H,3-7,11,17H2,1-2H3,(H,28,31)/b27-19-. The van der Waals surface area contributed by atoms with E-state index in [0.29, 0.717) is 6.42 Å². The molecule has 5 nitrogen and oxygen atoms in total. The number of carbonyl (C=O) groups excluding carboxylic acids is 1. The summed E-state index contributed by atoms with van der Waals surface area (Å²) in [5.74, 6) is -0.0423. The van der Waals surface area contributed by atoms with Gasteiger partial charge in [-0.3, -0.25) is 4.79 Å². The monoisotopic (exact) mass is 416 g/mol. The summed E-state index contributed by atoms with van der Waals surface area (Å²) in [6.07, 6.45) is 11.1. The molecule has 0 aliphatic rings. The fourth-order valence-electron chi connectivity index (χ4n) is 3.51. The molecule has 31 heavy (non-hydrogen) atoms. The summed E-state index contributed by atoms with van der Waals surface area (Å²) >= 11 is 0. The number of amides is 1. The van der Waals surface area contributed by atoms with Crippen molar-refractivity contribution >= 4 is 12.1 Å². The lowest BCUT2D eigenvalue weighted by Gasteiger charge is -2.02. The van der Waals surface area contributed by atoms with Crippen molar-refractivity contribution in [3.8, 4) is 16.9 Å². The minimum Gasteiger partial charge on any atom is -0.273 e. The van der Waals surface area contributed by atoms with Gasteiger partial charge in [0.15, 0.2) is 0 Å². The van der Waals surface area contributed by atoms with E-state index in [-0.39, 0.29) is 5.91 Å². The van der Waals surface area contributed by atoms with Gasteiger partial charge in [-0.1, -0.05) is 81.0 Å². The highest BCUT2D eigenvalue weighted by atomic mass is 16.2. The summed E-state index contributed by atoms with van der Waals surface area (Å²) in [6, 6.07) is 18.2. The van der Waals surface area contributed by atoms with Gasteiger partial charge in [0.25, 0.3) is 0 Å². The molecule has 0 bridgehead atoms. The fraction of sp³-hybridized carbons (Fsp3) is 0.346. The predicted molar refractivity (Wildman–Crippen MR) is 127 cm³/mol. The van der Waals surface area contributed by atoms with Crippen LogP contribution in [0.25, 0.3) is 16.9 Å². The lowest BCUT2D eigenvalue weighted by atomic mass is 10.1. The van der Waals surface area contributed by atoms with Gasteiger partial charge in [-0.15, -0.1) is 0 Å². The molecule has 0 unspecified atom stereocenters. The van der Waals surface area contributed by atoms with Crippen LogP contribution < -0.4 is 5.43 Å². The molecule has 0 fully saturated rings. The first-order valence-corrected chi connectivity index (χ1v) is 11.2. The Morgan fingerprint density at radius 2 is 1.81 bits per heavy atom. The fourth-order valence-corrected chi connectivity index (χ4v) is 3.51. The second-order valence-electron chi connectivity index (χ2n) is 7.89. The number of rotatable bonds is 11. The van der Waals surface area contributed by atoms with Gasteiger partial charge in [0.2, 0.25) is 5.91 Å². The number of hydrazone groups is 1.